The van der Waals surface area contributed by atoms with Crippen molar-refractivity contribution in [2.24, 2.45) is 0 Å². The summed E-state index contributed by atoms with van der Waals surface area (Å²) in [5.74, 6) is 2.04. The molecule has 0 unspecified atom stereocenters. The van der Waals surface area contributed by atoms with Crippen molar-refractivity contribution in [3.8, 4) is 67.5 Å². The van der Waals surface area contributed by atoms with E-state index in [0.29, 0.717) is 17.5 Å². The van der Waals surface area contributed by atoms with E-state index in [1.54, 1.807) is 0 Å². The molecule has 0 amide bonds. The zero-order valence-corrected chi connectivity index (χ0v) is 30.6. The van der Waals surface area contributed by atoms with E-state index < -0.39 is 8.07 Å². The molecule has 250 valence electrons. The standard InChI is InChI=1S/C49H35N3Si/c1-53(2)44-31-28-34-20-9-10-22-37(34)45(44)42-26-15-27-43(46(42)53)49-51-47(40-25-14-11-21-35(40)32-16-5-3-6-17-32)50-48(52-49)41-30-29-36(33-18-7-4-8-19-33)38-23-12-13-24-39(38)41/h3-31H,1-2H3. The van der Waals surface area contributed by atoms with Crippen LogP contribution in [0.4, 0.5) is 0 Å². The second kappa shape index (κ2) is 12.3. The van der Waals surface area contributed by atoms with E-state index in [0.717, 1.165) is 33.2 Å². The highest BCUT2D eigenvalue weighted by molar-refractivity contribution is 7.04. The highest BCUT2D eigenvalue weighted by atomic mass is 28.3. The number of rotatable bonds is 5. The van der Waals surface area contributed by atoms with Gasteiger partial charge in [-0.1, -0.05) is 183 Å². The van der Waals surface area contributed by atoms with Gasteiger partial charge in [-0.05, 0) is 71.4 Å². The molecule has 0 aliphatic carbocycles. The van der Waals surface area contributed by atoms with Gasteiger partial charge < -0.3 is 0 Å². The number of fused-ring (bicyclic) bond motifs is 6. The molecule has 0 saturated heterocycles. The Labute approximate surface area is 310 Å². The second-order valence-electron chi connectivity index (χ2n) is 14.4. The summed E-state index contributed by atoms with van der Waals surface area (Å²) in [6, 6.07) is 62.7. The quantitative estimate of drug-likeness (QED) is 0.168. The predicted octanol–water partition coefficient (Wildman–Crippen LogP) is 11.3. The summed E-state index contributed by atoms with van der Waals surface area (Å²) in [6.45, 7) is 4.94. The Hall–Kier alpha value is -6.49. The monoisotopic (exact) mass is 693 g/mol. The first-order chi connectivity index (χ1) is 26.1. The molecule has 0 spiro atoms. The number of aromatic nitrogens is 3. The average molecular weight is 694 g/mol. The predicted molar refractivity (Wildman–Crippen MR) is 224 cm³/mol. The zero-order chi connectivity index (χ0) is 35.5. The molecule has 0 N–H and O–H groups in total. The largest absolute Gasteiger partial charge is 0.208 e. The minimum Gasteiger partial charge on any atom is -0.208 e. The summed E-state index contributed by atoms with van der Waals surface area (Å²) >= 11 is 0. The average Bonchev–Trinajstić information content (AvgIpc) is 3.47. The first-order valence-corrected chi connectivity index (χ1v) is 21.2. The van der Waals surface area contributed by atoms with E-state index in [2.05, 4.69) is 189 Å². The fraction of sp³-hybridized carbons (Fsp3) is 0.0408. The molecule has 9 aromatic rings. The Morgan fingerprint density at radius 1 is 0.340 bits per heavy atom. The number of hydrogen-bond acceptors (Lipinski definition) is 3. The van der Waals surface area contributed by atoms with E-state index >= 15 is 0 Å². The van der Waals surface area contributed by atoms with Gasteiger partial charge in [-0.25, -0.2) is 15.0 Å². The van der Waals surface area contributed by atoms with E-state index in [1.807, 2.05) is 0 Å². The smallest absolute Gasteiger partial charge is 0.164 e. The molecule has 3 nitrogen and oxygen atoms in total. The molecule has 0 fully saturated rings. The molecular weight excluding hydrogens is 659 g/mol. The lowest BCUT2D eigenvalue weighted by molar-refractivity contribution is 1.08. The van der Waals surface area contributed by atoms with Crippen LogP contribution in [0.2, 0.25) is 13.1 Å². The van der Waals surface area contributed by atoms with Crippen LogP contribution < -0.4 is 10.4 Å². The van der Waals surface area contributed by atoms with Crippen molar-refractivity contribution in [2.75, 3.05) is 0 Å². The minimum absolute atomic E-state index is 0.665. The van der Waals surface area contributed by atoms with Crippen molar-refractivity contribution in [1.82, 2.24) is 15.0 Å². The highest BCUT2D eigenvalue weighted by Gasteiger charge is 2.41. The van der Waals surface area contributed by atoms with Crippen LogP contribution in [0, 0.1) is 0 Å². The molecule has 1 aliphatic rings. The fourth-order valence-corrected chi connectivity index (χ4v) is 11.9. The van der Waals surface area contributed by atoms with E-state index in [9.17, 15) is 0 Å². The Balaban J connectivity index is 1.25. The van der Waals surface area contributed by atoms with Crippen molar-refractivity contribution in [3.63, 3.8) is 0 Å². The maximum atomic E-state index is 5.42. The normalized spacial score (nSPS) is 12.9. The van der Waals surface area contributed by atoms with Gasteiger partial charge in [0.25, 0.3) is 0 Å². The van der Waals surface area contributed by atoms with Gasteiger partial charge in [-0.15, -0.1) is 0 Å². The van der Waals surface area contributed by atoms with Gasteiger partial charge >= 0.3 is 0 Å². The summed E-state index contributed by atoms with van der Waals surface area (Å²) in [4.78, 5) is 16.2. The van der Waals surface area contributed by atoms with Crippen LogP contribution in [0.15, 0.2) is 176 Å². The third-order valence-electron chi connectivity index (χ3n) is 10.9. The fourth-order valence-electron chi connectivity index (χ4n) is 8.49. The van der Waals surface area contributed by atoms with Gasteiger partial charge in [0.05, 0.1) is 0 Å². The van der Waals surface area contributed by atoms with Crippen molar-refractivity contribution in [3.05, 3.63) is 176 Å². The van der Waals surface area contributed by atoms with Gasteiger partial charge in [0, 0.05) is 16.7 Å². The van der Waals surface area contributed by atoms with E-state index in [4.69, 9.17) is 15.0 Å². The molecular formula is C49H35N3Si. The second-order valence-corrected chi connectivity index (χ2v) is 18.6. The Bertz CT molecular complexity index is 2860. The minimum atomic E-state index is -2.17. The van der Waals surface area contributed by atoms with Crippen LogP contribution in [-0.4, -0.2) is 23.0 Å². The number of benzene rings is 8. The first-order valence-electron chi connectivity index (χ1n) is 18.2. The molecule has 0 bridgehead atoms. The maximum absolute atomic E-state index is 5.42. The topological polar surface area (TPSA) is 38.7 Å². The van der Waals surface area contributed by atoms with Crippen LogP contribution in [0.25, 0.3) is 89.1 Å². The van der Waals surface area contributed by atoms with Crippen LogP contribution >= 0.6 is 0 Å². The van der Waals surface area contributed by atoms with Gasteiger partial charge in [-0.2, -0.15) is 0 Å². The van der Waals surface area contributed by atoms with Crippen molar-refractivity contribution < 1.29 is 0 Å². The van der Waals surface area contributed by atoms with E-state index in [1.165, 1.54) is 48.8 Å². The molecule has 1 aliphatic heterocycles. The lowest BCUT2D eigenvalue weighted by atomic mass is 9.94. The molecule has 2 heterocycles. The molecule has 8 aromatic carbocycles. The van der Waals surface area contributed by atoms with Crippen molar-refractivity contribution in [2.45, 2.75) is 13.1 Å². The van der Waals surface area contributed by atoms with Crippen LogP contribution in [0.1, 0.15) is 0 Å². The van der Waals surface area contributed by atoms with Crippen LogP contribution in [0.3, 0.4) is 0 Å². The number of nitrogens with zero attached hydrogens (tertiary/aromatic N) is 3. The lowest BCUT2D eigenvalue weighted by Crippen LogP contribution is -2.50. The van der Waals surface area contributed by atoms with Crippen molar-refractivity contribution >= 4 is 40.0 Å². The van der Waals surface area contributed by atoms with Gasteiger partial charge in [-0.3, -0.25) is 0 Å². The van der Waals surface area contributed by atoms with E-state index in [-0.39, 0.29) is 0 Å². The molecule has 4 heteroatoms. The Morgan fingerprint density at radius 3 is 1.55 bits per heavy atom. The summed E-state index contributed by atoms with van der Waals surface area (Å²) in [6.07, 6.45) is 0. The van der Waals surface area contributed by atoms with Crippen LogP contribution in [-0.2, 0) is 0 Å². The third-order valence-corrected chi connectivity index (χ3v) is 14.5. The van der Waals surface area contributed by atoms with Crippen LogP contribution in [0.5, 0.6) is 0 Å². The van der Waals surface area contributed by atoms with Gasteiger partial charge in [0.1, 0.15) is 8.07 Å². The maximum Gasteiger partial charge on any atom is 0.164 e. The molecule has 0 atom stereocenters. The van der Waals surface area contributed by atoms with Gasteiger partial charge in [0.15, 0.2) is 17.5 Å². The zero-order valence-electron chi connectivity index (χ0n) is 29.6. The summed E-state index contributed by atoms with van der Waals surface area (Å²) in [7, 11) is -2.17. The summed E-state index contributed by atoms with van der Waals surface area (Å²) < 4.78 is 0. The first kappa shape index (κ1) is 31.3. The Morgan fingerprint density at radius 2 is 0.830 bits per heavy atom. The van der Waals surface area contributed by atoms with Gasteiger partial charge in [0.2, 0.25) is 0 Å². The molecule has 53 heavy (non-hydrogen) atoms. The Kier molecular flexibility index (Phi) is 7.27. The lowest BCUT2D eigenvalue weighted by Gasteiger charge is -2.22. The summed E-state index contributed by atoms with van der Waals surface area (Å²) in [5.41, 5.74) is 10.3. The third kappa shape index (κ3) is 5.06. The molecule has 1 aromatic heterocycles. The molecule has 0 saturated carbocycles. The molecule has 10 rings (SSSR count). The summed E-state index contributed by atoms with van der Waals surface area (Å²) in [5, 5.41) is 7.70. The number of hydrogen-bond donors (Lipinski definition) is 0. The SMILES string of the molecule is C[Si]1(C)c2ccc3ccccc3c2-c2cccc(-c3nc(-c4ccccc4-c4ccccc4)nc(-c4ccc(-c5ccccc5)c5ccccc45)n3)c21. The molecule has 0 radical (unpaired) electrons. The van der Waals surface area contributed by atoms with Crippen molar-refractivity contribution in [1.29, 1.82) is 0 Å². The highest BCUT2D eigenvalue weighted by Crippen LogP contribution is 2.40.